The molecule has 2 N–H and O–H groups in total. The van der Waals surface area contributed by atoms with Crippen molar-refractivity contribution < 1.29 is 14.0 Å². The lowest BCUT2D eigenvalue weighted by Crippen LogP contribution is -2.41. The van der Waals surface area contributed by atoms with E-state index in [0.29, 0.717) is 22.0 Å². The fourth-order valence-electron chi connectivity index (χ4n) is 2.19. The molecule has 0 aliphatic rings. The molecular formula is C16H11N7O3S. The van der Waals surface area contributed by atoms with E-state index in [1.807, 2.05) is 0 Å². The number of amides is 2. The van der Waals surface area contributed by atoms with Crippen LogP contribution in [0, 0.1) is 0 Å². The van der Waals surface area contributed by atoms with Crippen LogP contribution in [0.2, 0.25) is 0 Å². The molecular weight excluding hydrogens is 370 g/mol. The molecule has 0 spiro atoms. The normalized spacial score (nSPS) is 10.5. The zero-order chi connectivity index (χ0) is 18.6. The summed E-state index contributed by atoms with van der Waals surface area (Å²) >= 11 is 1.27. The number of carbonyl (C=O) groups excluding carboxylic acids is 2. The quantitative estimate of drug-likeness (QED) is 0.512. The van der Waals surface area contributed by atoms with Gasteiger partial charge in [-0.2, -0.15) is 0 Å². The number of rotatable bonds is 4. The van der Waals surface area contributed by atoms with Gasteiger partial charge in [0.05, 0.1) is 12.0 Å². The maximum atomic E-state index is 12.2. The van der Waals surface area contributed by atoms with Gasteiger partial charge in [0.15, 0.2) is 10.8 Å². The molecule has 11 heteroatoms. The van der Waals surface area contributed by atoms with Crippen LogP contribution in [0.4, 0.5) is 0 Å². The number of benzene rings is 1. The average Bonchev–Trinajstić information content (AvgIpc) is 3.47. The fourth-order valence-corrected chi connectivity index (χ4v) is 2.95. The smallest absolute Gasteiger partial charge is 0.289 e. The molecule has 0 atom stereocenters. The molecule has 0 saturated heterocycles. The average molecular weight is 381 g/mol. The molecule has 3 aromatic heterocycles. The third-order valence-electron chi connectivity index (χ3n) is 3.50. The summed E-state index contributed by atoms with van der Waals surface area (Å²) in [5.74, 6) is -0.415. The van der Waals surface area contributed by atoms with E-state index in [2.05, 4.69) is 31.4 Å². The van der Waals surface area contributed by atoms with Gasteiger partial charge in [0, 0.05) is 10.9 Å². The minimum absolute atomic E-state index is 0.181. The first kappa shape index (κ1) is 16.6. The van der Waals surface area contributed by atoms with Crippen LogP contribution in [0.3, 0.4) is 0 Å². The van der Waals surface area contributed by atoms with Crippen molar-refractivity contribution in [2.24, 2.45) is 0 Å². The molecule has 0 radical (unpaired) electrons. The first-order valence-corrected chi connectivity index (χ1v) is 8.52. The predicted molar refractivity (Wildman–Crippen MR) is 93.9 cm³/mol. The summed E-state index contributed by atoms with van der Waals surface area (Å²) in [4.78, 5) is 28.5. The van der Waals surface area contributed by atoms with Gasteiger partial charge in [0.25, 0.3) is 11.8 Å². The van der Waals surface area contributed by atoms with E-state index in [-0.39, 0.29) is 5.69 Å². The third-order valence-corrected chi connectivity index (χ3v) is 4.36. The zero-order valence-electron chi connectivity index (χ0n) is 13.6. The number of nitrogens with one attached hydrogen (secondary N) is 2. The summed E-state index contributed by atoms with van der Waals surface area (Å²) in [6.45, 7) is 0. The minimum Gasteiger partial charge on any atom is -0.462 e. The molecule has 4 aromatic rings. The first-order valence-electron chi connectivity index (χ1n) is 7.64. The summed E-state index contributed by atoms with van der Waals surface area (Å²) in [6, 6.07) is 10.0. The van der Waals surface area contributed by atoms with E-state index < -0.39 is 11.8 Å². The Morgan fingerprint density at radius 2 is 1.89 bits per heavy atom. The Morgan fingerprint density at radius 1 is 1.07 bits per heavy atom. The Morgan fingerprint density at radius 3 is 2.59 bits per heavy atom. The van der Waals surface area contributed by atoms with Crippen molar-refractivity contribution in [3.05, 3.63) is 65.6 Å². The second-order valence-electron chi connectivity index (χ2n) is 5.22. The van der Waals surface area contributed by atoms with Crippen molar-refractivity contribution in [3.8, 4) is 16.5 Å². The van der Waals surface area contributed by atoms with Crippen LogP contribution in [-0.2, 0) is 0 Å². The summed E-state index contributed by atoms with van der Waals surface area (Å²) in [7, 11) is 0. The van der Waals surface area contributed by atoms with Crippen molar-refractivity contribution in [2.45, 2.75) is 0 Å². The third kappa shape index (κ3) is 3.57. The summed E-state index contributed by atoms with van der Waals surface area (Å²) in [5.41, 5.74) is 5.93. The number of hydrogen-bond donors (Lipinski definition) is 2. The van der Waals surface area contributed by atoms with Gasteiger partial charge >= 0.3 is 0 Å². The monoisotopic (exact) mass is 381 g/mol. The second-order valence-corrected chi connectivity index (χ2v) is 6.08. The van der Waals surface area contributed by atoms with E-state index >= 15 is 0 Å². The maximum Gasteiger partial charge on any atom is 0.289 e. The van der Waals surface area contributed by atoms with Gasteiger partial charge in [-0.25, -0.2) is 9.67 Å². The summed E-state index contributed by atoms with van der Waals surface area (Å²) < 4.78 is 6.70. The van der Waals surface area contributed by atoms with Crippen LogP contribution >= 0.6 is 11.3 Å². The molecule has 0 bridgehead atoms. The van der Waals surface area contributed by atoms with E-state index in [1.54, 1.807) is 41.8 Å². The SMILES string of the molecule is O=C(NNC(=O)c1csc(-c2ccco2)n1)c1ccc(-n2cnnn2)cc1. The lowest BCUT2D eigenvalue weighted by atomic mass is 10.2. The largest absolute Gasteiger partial charge is 0.462 e. The van der Waals surface area contributed by atoms with Crippen LogP contribution in [0.15, 0.2) is 58.8 Å². The summed E-state index contributed by atoms with van der Waals surface area (Å²) in [5, 5.41) is 13.0. The molecule has 0 aliphatic heterocycles. The number of carbonyl (C=O) groups is 2. The Balaban J connectivity index is 1.37. The van der Waals surface area contributed by atoms with Crippen LogP contribution < -0.4 is 10.9 Å². The van der Waals surface area contributed by atoms with Gasteiger partial charge in [-0.1, -0.05) is 0 Å². The van der Waals surface area contributed by atoms with Crippen LogP contribution in [0.5, 0.6) is 0 Å². The molecule has 27 heavy (non-hydrogen) atoms. The van der Waals surface area contributed by atoms with Crippen LogP contribution in [0.25, 0.3) is 16.5 Å². The molecule has 134 valence electrons. The number of thiazole rings is 1. The number of tetrazole rings is 1. The molecule has 0 fully saturated rings. The van der Waals surface area contributed by atoms with Crippen LogP contribution in [-0.4, -0.2) is 37.0 Å². The number of aromatic nitrogens is 5. The van der Waals surface area contributed by atoms with Gasteiger partial charge in [-0.3, -0.25) is 20.4 Å². The topological polar surface area (TPSA) is 128 Å². The van der Waals surface area contributed by atoms with E-state index in [9.17, 15) is 9.59 Å². The number of hydrogen-bond acceptors (Lipinski definition) is 8. The van der Waals surface area contributed by atoms with Crippen molar-refractivity contribution in [3.63, 3.8) is 0 Å². The molecule has 0 aliphatic carbocycles. The second kappa shape index (κ2) is 7.17. The highest BCUT2D eigenvalue weighted by atomic mass is 32.1. The molecule has 3 heterocycles. The number of furan rings is 1. The Hall–Kier alpha value is -3.86. The van der Waals surface area contributed by atoms with Gasteiger partial charge in [0.2, 0.25) is 0 Å². The molecule has 4 rings (SSSR count). The molecule has 0 saturated carbocycles. The van der Waals surface area contributed by atoms with E-state index in [1.165, 1.54) is 28.6 Å². The van der Waals surface area contributed by atoms with E-state index in [4.69, 9.17) is 4.42 Å². The zero-order valence-corrected chi connectivity index (χ0v) is 14.4. The van der Waals surface area contributed by atoms with Gasteiger partial charge < -0.3 is 4.42 Å². The Labute approximate surface area is 155 Å². The highest BCUT2D eigenvalue weighted by Gasteiger charge is 2.14. The van der Waals surface area contributed by atoms with E-state index in [0.717, 1.165) is 0 Å². The lowest BCUT2D eigenvalue weighted by Gasteiger charge is -2.06. The molecule has 10 nitrogen and oxygen atoms in total. The maximum absolute atomic E-state index is 12.2. The Bertz CT molecular complexity index is 1060. The lowest BCUT2D eigenvalue weighted by molar-refractivity contribution is 0.0844. The Kier molecular flexibility index (Phi) is 4.41. The van der Waals surface area contributed by atoms with Crippen LogP contribution in [0.1, 0.15) is 20.8 Å². The highest BCUT2D eigenvalue weighted by Crippen LogP contribution is 2.23. The molecule has 0 unspecified atom stereocenters. The number of hydrazine groups is 1. The highest BCUT2D eigenvalue weighted by molar-refractivity contribution is 7.13. The first-order chi connectivity index (χ1) is 13.2. The van der Waals surface area contributed by atoms with Crippen molar-refractivity contribution in [1.29, 1.82) is 0 Å². The van der Waals surface area contributed by atoms with Gasteiger partial charge in [-0.05, 0) is 46.8 Å². The number of nitrogens with zero attached hydrogens (tertiary/aromatic N) is 5. The van der Waals surface area contributed by atoms with Crippen molar-refractivity contribution >= 4 is 23.2 Å². The fraction of sp³-hybridized carbons (Fsp3) is 0. The molecule has 2 amide bonds. The van der Waals surface area contributed by atoms with Crippen molar-refractivity contribution in [2.75, 3.05) is 0 Å². The summed E-state index contributed by atoms with van der Waals surface area (Å²) in [6.07, 6.45) is 2.97. The van der Waals surface area contributed by atoms with Gasteiger partial charge in [-0.15, -0.1) is 16.4 Å². The minimum atomic E-state index is -0.525. The standard InChI is InChI=1S/C16H11N7O3S/c24-14(10-3-5-11(6-4-10)23-9-17-21-22-23)19-20-15(25)12-8-27-16(18-12)13-2-1-7-26-13/h1-9H,(H,19,24)(H,20,25). The predicted octanol–water partition coefficient (Wildman–Crippen LogP) is 1.45. The van der Waals surface area contributed by atoms with Crippen molar-refractivity contribution in [1.82, 2.24) is 36.0 Å². The molecule has 1 aromatic carbocycles. The van der Waals surface area contributed by atoms with Gasteiger partial charge in [0.1, 0.15) is 12.0 Å².